The van der Waals surface area contributed by atoms with Gasteiger partial charge in [0.05, 0.1) is 21.6 Å². The minimum Gasteiger partial charge on any atom is -0.454 e. The fourth-order valence-corrected chi connectivity index (χ4v) is 3.98. The number of aromatic nitrogens is 1. The molecule has 0 N–H and O–H groups in total. The van der Waals surface area contributed by atoms with Gasteiger partial charge in [-0.2, -0.15) is 4.99 Å². The van der Waals surface area contributed by atoms with Crippen molar-refractivity contribution in [3.05, 3.63) is 39.3 Å². The number of thiophene rings is 1. The molecule has 1 aliphatic heterocycles. The molecule has 4 rings (SSSR count). The first kappa shape index (κ1) is 14.1. The smallest absolute Gasteiger partial charge is 0.289 e. The first-order valence-electron chi connectivity index (χ1n) is 6.75. The second-order valence-electron chi connectivity index (χ2n) is 4.74. The monoisotopic (exact) mass is 342 g/mol. The lowest BCUT2D eigenvalue weighted by molar-refractivity contribution is 0.100. The van der Waals surface area contributed by atoms with E-state index in [0.717, 1.165) is 10.2 Å². The molecule has 0 unspecified atom stereocenters. The molecule has 7 heteroatoms. The van der Waals surface area contributed by atoms with Crippen LogP contribution in [0.2, 0.25) is 0 Å². The third-order valence-electron chi connectivity index (χ3n) is 3.36. The Bertz CT molecular complexity index is 1010. The Morgan fingerprint density at radius 3 is 2.96 bits per heavy atom. The van der Waals surface area contributed by atoms with Gasteiger partial charge < -0.3 is 14.0 Å². The van der Waals surface area contributed by atoms with Gasteiger partial charge in [-0.1, -0.05) is 23.3 Å². The van der Waals surface area contributed by atoms with E-state index in [0.29, 0.717) is 27.7 Å². The number of hydrogen-bond donors (Lipinski definition) is 0. The molecule has 1 aromatic carbocycles. The maximum absolute atomic E-state index is 12.2. The van der Waals surface area contributed by atoms with Crippen LogP contribution in [0.4, 0.5) is 0 Å². The van der Waals surface area contributed by atoms with Crippen LogP contribution >= 0.6 is 22.7 Å². The number of fused-ring (bicyclic) bond motifs is 2. The molecule has 0 aliphatic carbocycles. The van der Waals surface area contributed by atoms with E-state index in [1.807, 2.05) is 28.1 Å². The molecule has 0 saturated carbocycles. The summed E-state index contributed by atoms with van der Waals surface area (Å²) in [5.41, 5.74) is 0.884. The minimum atomic E-state index is -0.266. The molecule has 1 aliphatic rings. The molecule has 0 atom stereocenters. The van der Waals surface area contributed by atoms with E-state index in [4.69, 9.17) is 15.9 Å². The lowest BCUT2D eigenvalue weighted by atomic mass is 10.3. The van der Waals surface area contributed by atoms with Gasteiger partial charge in [-0.3, -0.25) is 4.79 Å². The van der Waals surface area contributed by atoms with Gasteiger partial charge in [0.2, 0.25) is 6.79 Å². The van der Waals surface area contributed by atoms with Gasteiger partial charge in [0, 0.05) is 12.1 Å². The predicted octanol–water partition coefficient (Wildman–Crippen LogP) is 2.87. The summed E-state index contributed by atoms with van der Waals surface area (Å²) >= 11 is 2.77. The highest BCUT2D eigenvalue weighted by atomic mass is 32.1. The summed E-state index contributed by atoms with van der Waals surface area (Å²) < 4.78 is 13.6. The summed E-state index contributed by atoms with van der Waals surface area (Å²) in [6.45, 7) is 0.548. The van der Waals surface area contributed by atoms with Gasteiger partial charge in [0.1, 0.15) is 0 Å². The Morgan fingerprint density at radius 1 is 1.39 bits per heavy atom. The lowest BCUT2D eigenvalue weighted by Gasteiger charge is -2.01. The zero-order chi connectivity index (χ0) is 15.8. The number of hydrogen-bond acceptors (Lipinski definition) is 5. The number of nitrogens with zero attached hydrogens (tertiary/aromatic N) is 2. The van der Waals surface area contributed by atoms with Crippen molar-refractivity contribution in [2.45, 2.75) is 6.54 Å². The average Bonchev–Trinajstić information content (AvgIpc) is 3.26. The highest BCUT2D eigenvalue weighted by molar-refractivity contribution is 7.16. The van der Waals surface area contributed by atoms with Crippen LogP contribution < -0.4 is 14.3 Å². The number of thiazole rings is 1. The summed E-state index contributed by atoms with van der Waals surface area (Å²) in [7, 11) is 0. The van der Waals surface area contributed by atoms with Gasteiger partial charge in [0.15, 0.2) is 16.3 Å². The summed E-state index contributed by atoms with van der Waals surface area (Å²) in [6.07, 6.45) is 5.47. The van der Waals surface area contributed by atoms with Crippen molar-refractivity contribution in [2.75, 3.05) is 6.79 Å². The minimum absolute atomic E-state index is 0.218. The Balaban J connectivity index is 1.91. The fourth-order valence-electron chi connectivity index (χ4n) is 2.33. The summed E-state index contributed by atoms with van der Waals surface area (Å²) in [5, 5.41) is 1.85. The second-order valence-corrected chi connectivity index (χ2v) is 6.70. The van der Waals surface area contributed by atoms with E-state index >= 15 is 0 Å². The number of terminal acetylenes is 1. The average molecular weight is 342 g/mol. The van der Waals surface area contributed by atoms with Crippen LogP contribution in [0.5, 0.6) is 11.5 Å². The molecule has 23 heavy (non-hydrogen) atoms. The Labute approximate surface area is 139 Å². The number of ether oxygens (including phenoxy) is 2. The standard InChI is InChI=1S/C16H10N2O3S2/c1-2-5-18-10-7-11-12(21-9-20-11)8-14(10)23-16(18)17-15(19)13-4-3-6-22-13/h1,3-4,6-8H,5,9H2. The highest BCUT2D eigenvalue weighted by Crippen LogP contribution is 2.36. The molecule has 0 saturated heterocycles. The van der Waals surface area contributed by atoms with Crippen LogP contribution in [0.3, 0.4) is 0 Å². The van der Waals surface area contributed by atoms with Crippen LogP contribution in [0.1, 0.15) is 9.67 Å². The van der Waals surface area contributed by atoms with Crippen LogP contribution in [0.25, 0.3) is 10.2 Å². The van der Waals surface area contributed by atoms with Crippen LogP contribution in [-0.4, -0.2) is 17.3 Å². The molecule has 2 aromatic heterocycles. The molecular formula is C16H10N2O3S2. The fraction of sp³-hybridized carbons (Fsp3) is 0.125. The molecule has 3 aromatic rings. The molecule has 3 heterocycles. The molecule has 1 amide bonds. The van der Waals surface area contributed by atoms with E-state index in [1.54, 1.807) is 6.07 Å². The van der Waals surface area contributed by atoms with E-state index in [1.165, 1.54) is 22.7 Å². The number of rotatable bonds is 2. The van der Waals surface area contributed by atoms with E-state index < -0.39 is 0 Å². The van der Waals surface area contributed by atoms with E-state index in [2.05, 4.69) is 10.9 Å². The first-order chi connectivity index (χ1) is 11.3. The zero-order valence-corrected chi connectivity index (χ0v) is 13.4. The van der Waals surface area contributed by atoms with Crippen molar-refractivity contribution in [3.63, 3.8) is 0 Å². The third kappa shape index (κ3) is 2.42. The van der Waals surface area contributed by atoms with Crippen molar-refractivity contribution in [1.29, 1.82) is 0 Å². The second kappa shape index (κ2) is 5.57. The highest BCUT2D eigenvalue weighted by Gasteiger charge is 2.18. The number of amides is 1. The maximum atomic E-state index is 12.2. The topological polar surface area (TPSA) is 52.8 Å². The molecule has 114 valence electrons. The molecule has 0 fully saturated rings. The summed E-state index contributed by atoms with van der Waals surface area (Å²) in [4.78, 5) is 17.7. The molecule has 5 nitrogen and oxygen atoms in total. The Kier molecular flexibility index (Phi) is 3.41. The molecule has 0 radical (unpaired) electrons. The normalized spacial score (nSPS) is 13.4. The predicted molar refractivity (Wildman–Crippen MR) is 89.0 cm³/mol. The number of benzene rings is 1. The van der Waals surface area contributed by atoms with Gasteiger partial charge in [-0.25, -0.2) is 0 Å². The third-order valence-corrected chi connectivity index (χ3v) is 5.25. The van der Waals surface area contributed by atoms with Crippen LogP contribution in [0, 0.1) is 12.3 Å². The zero-order valence-electron chi connectivity index (χ0n) is 11.8. The van der Waals surface area contributed by atoms with Gasteiger partial charge in [0.25, 0.3) is 5.91 Å². The van der Waals surface area contributed by atoms with Crippen LogP contribution in [0.15, 0.2) is 34.6 Å². The summed E-state index contributed by atoms with van der Waals surface area (Å²) in [6, 6.07) is 7.35. The van der Waals surface area contributed by atoms with E-state index in [-0.39, 0.29) is 12.7 Å². The van der Waals surface area contributed by atoms with E-state index in [9.17, 15) is 4.79 Å². The van der Waals surface area contributed by atoms with Gasteiger partial charge >= 0.3 is 0 Å². The summed E-state index contributed by atoms with van der Waals surface area (Å²) in [5.74, 6) is 3.72. The maximum Gasteiger partial charge on any atom is 0.289 e. The van der Waals surface area contributed by atoms with Crippen molar-refractivity contribution >= 4 is 38.8 Å². The first-order valence-corrected chi connectivity index (χ1v) is 8.45. The van der Waals surface area contributed by atoms with Crippen molar-refractivity contribution in [1.82, 2.24) is 4.57 Å². The Hall–Kier alpha value is -2.56. The largest absolute Gasteiger partial charge is 0.454 e. The van der Waals surface area contributed by atoms with Crippen LogP contribution in [-0.2, 0) is 6.54 Å². The number of carbonyl (C=O) groups excluding carboxylic acids is 1. The van der Waals surface area contributed by atoms with Gasteiger partial charge in [-0.15, -0.1) is 17.8 Å². The van der Waals surface area contributed by atoms with Gasteiger partial charge in [-0.05, 0) is 11.4 Å². The van der Waals surface area contributed by atoms with Crippen molar-refractivity contribution in [3.8, 4) is 23.8 Å². The lowest BCUT2D eigenvalue weighted by Crippen LogP contribution is -2.16. The van der Waals surface area contributed by atoms with Crippen molar-refractivity contribution in [2.24, 2.45) is 4.99 Å². The molecule has 0 bridgehead atoms. The quantitative estimate of drug-likeness (QED) is 0.673. The SMILES string of the molecule is C#CCn1c(=NC(=O)c2cccs2)sc2cc3c(cc21)OCO3. The molecule has 0 spiro atoms. The molecular weight excluding hydrogens is 332 g/mol. The number of carbonyl (C=O) groups is 1. The Morgan fingerprint density at radius 2 is 2.22 bits per heavy atom. The van der Waals surface area contributed by atoms with Crippen molar-refractivity contribution < 1.29 is 14.3 Å².